The summed E-state index contributed by atoms with van der Waals surface area (Å²) in [6.07, 6.45) is 0. The van der Waals surface area contributed by atoms with Gasteiger partial charge in [-0.05, 0) is 17.7 Å². The van der Waals surface area contributed by atoms with Gasteiger partial charge in [-0.15, -0.1) is 0 Å². The molecule has 0 heterocycles. The number of hydrogen-bond acceptors (Lipinski definition) is 3. The van der Waals surface area contributed by atoms with Crippen LogP contribution in [0.1, 0.15) is 15.9 Å². The molecule has 2 rings (SSSR count). The van der Waals surface area contributed by atoms with Crippen LogP contribution in [-0.4, -0.2) is 5.97 Å². The Morgan fingerprint density at radius 3 is 2.06 bits per heavy atom. The molecule has 18 heavy (non-hydrogen) atoms. The molecule has 4 heteroatoms. The Morgan fingerprint density at radius 1 is 0.889 bits per heavy atom. The molecule has 0 aliphatic carbocycles. The van der Waals surface area contributed by atoms with E-state index in [2.05, 4.69) is 0 Å². The summed E-state index contributed by atoms with van der Waals surface area (Å²) >= 11 is 0. The predicted molar refractivity (Wildman–Crippen MR) is 63.1 cm³/mol. The van der Waals surface area contributed by atoms with E-state index >= 15 is 0 Å². The Balaban J connectivity index is 0.00000162. The van der Waals surface area contributed by atoms with E-state index in [1.54, 1.807) is 24.3 Å². The quantitative estimate of drug-likeness (QED) is 0.489. The first kappa shape index (κ1) is 14.7. The van der Waals surface area contributed by atoms with Crippen molar-refractivity contribution in [1.29, 1.82) is 0 Å². The van der Waals surface area contributed by atoms with Gasteiger partial charge in [-0.3, -0.25) is 4.89 Å². The van der Waals surface area contributed by atoms with Crippen molar-refractivity contribution in [2.45, 2.75) is 6.61 Å². The molecule has 2 aromatic carbocycles. The van der Waals surface area contributed by atoms with Crippen LogP contribution in [0.3, 0.4) is 0 Å². The number of benzene rings is 2. The van der Waals surface area contributed by atoms with E-state index in [9.17, 15) is 4.79 Å². The average molecular weight is 336 g/mol. The molecule has 0 saturated carbocycles. The monoisotopic (exact) mass is 335 g/mol. The van der Waals surface area contributed by atoms with Crippen molar-refractivity contribution in [2.75, 3.05) is 0 Å². The maximum absolute atomic E-state index is 11.5. The Labute approximate surface area is 121 Å². The van der Waals surface area contributed by atoms with Gasteiger partial charge in [0.2, 0.25) is 0 Å². The van der Waals surface area contributed by atoms with E-state index in [0.717, 1.165) is 5.56 Å². The molecular weight excluding hydrogens is 324 g/mol. The largest absolute Gasteiger partial charge is 0.373 e. The van der Waals surface area contributed by atoms with Gasteiger partial charge < -0.3 is 0 Å². The Kier molecular flexibility index (Phi) is 6.39. The van der Waals surface area contributed by atoms with Gasteiger partial charge in [0.1, 0.15) is 6.61 Å². The minimum Gasteiger partial charge on any atom is -0.292 e. The van der Waals surface area contributed by atoms with Gasteiger partial charge in [0.15, 0.2) is 0 Å². The number of carbonyl (C=O) groups excluding carboxylic acids is 1. The standard InChI is InChI=1S/C14H12O3.Ag/c15-14(13-9-5-2-6-10-13)17-16-11-12-7-3-1-4-8-12;/h1-10H,11H2;. The van der Waals surface area contributed by atoms with Gasteiger partial charge in [-0.25, -0.2) is 4.79 Å². The topological polar surface area (TPSA) is 35.5 Å². The van der Waals surface area contributed by atoms with E-state index < -0.39 is 5.97 Å². The molecule has 0 fully saturated rings. The zero-order chi connectivity index (χ0) is 11.9. The van der Waals surface area contributed by atoms with Crippen LogP contribution in [0.15, 0.2) is 60.7 Å². The first-order valence-electron chi connectivity index (χ1n) is 5.29. The van der Waals surface area contributed by atoms with Gasteiger partial charge in [-0.1, -0.05) is 48.5 Å². The normalized spacial score (nSPS) is 9.33. The molecule has 3 nitrogen and oxygen atoms in total. The molecule has 2 aromatic rings. The van der Waals surface area contributed by atoms with E-state index in [4.69, 9.17) is 9.78 Å². The molecule has 1 radical (unpaired) electrons. The first-order chi connectivity index (χ1) is 8.36. The Hall–Kier alpha value is -1.39. The molecular formula is C14H12AgO3. The predicted octanol–water partition coefficient (Wildman–Crippen LogP) is 2.97. The van der Waals surface area contributed by atoms with E-state index in [0.29, 0.717) is 5.56 Å². The summed E-state index contributed by atoms with van der Waals surface area (Å²) in [4.78, 5) is 21.1. The van der Waals surface area contributed by atoms with Gasteiger partial charge in [0, 0.05) is 22.4 Å². The van der Waals surface area contributed by atoms with Crippen LogP contribution < -0.4 is 0 Å². The Morgan fingerprint density at radius 2 is 1.44 bits per heavy atom. The van der Waals surface area contributed by atoms with E-state index in [1.165, 1.54) is 0 Å². The molecule has 97 valence electrons. The first-order valence-corrected chi connectivity index (χ1v) is 5.29. The van der Waals surface area contributed by atoms with Crippen molar-refractivity contribution in [1.82, 2.24) is 0 Å². The molecule has 0 N–H and O–H groups in total. The van der Waals surface area contributed by atoms with Crippen molar-refractivity contribution in [3.05, 3.63) is 71.8 Å². The van der Waals surface area contributed by atoms with Gasteiger partial charge in [0.05, 0.1) is 5.56 Å². The zero-order valence-electron chi connectivity index (χ0n) is 9.51. The van der Waals surface area contributed by atoms with Gasteiger partial charge in [0.25, 0.3) is 0 Å². The fourth-order valence-electron chi connectivity index (χ4n) is 1.35. The van der Waals surface area contributed by atoms with Gasteiger partial charge in [-0.2, -0.15) is 4.89 Å². The van der Waals surface area contributed by atoms with Crippen molar-refractivity contribution in [2.24, 2.45) is 0 Å². The minimum absolute atomic E-state index is 0. The van der Waals surface area contributed by atoms with Crippen molar-refractivity contribution < 1.29 is 36.9 Å². The summed E-state index contributed by atoms with van der Waals surface area (Å²) in [5.41, 5.74) is 1.42. The third-order valence-corrected chi connectivity index (χ3v) is 2.21. The second-order valence-electron chi connectivity index (χ2n) is 3.48. The summed E-state index contributed by atoms with van der Waals surface area (Å²) in [6.45, 7) is 0.249. The molecule has 0 aliphatic rings. The van der Waals surface area contributed by atoms with E-state index in [-0.39, 0.29) is 29.0 Å². The fraction of sp³-hybridized carbons (Fsp3) is 0.0714. The van der Waals surface area contributed by atoms with Crippen molar-refractivity contribution >= 4 is 5.97 Å². The van der Waals surface area contributed by atoms with Crippen LogP contribution in [0, 0.1) is 0 Å². The molecule has 0 aromatic heterocycles. The molecule has 0 unspecified atom stereocenters. The van der Waals surface area contributed by atoms with Gasteiger partial charge >= 0.3 is 5.97 Å². The molecule has 0 atom stereocenters. The minimum atomic E-state index is -0.485. The van der Waals surface area contributed by atoms with Crippen LogP contribution in [-0.2, 0) is 38.8 Å². The van der Waals surface area contributed by atoms with Crippen molar-refractivity contribution in [3.63, 3.8) is 0 Å². The summed E-state index contributed by atoms with van der Waals surface area (Å²) in [5.74, 6) is -0.485. The fourth-order valence-corrected chi connectivity index (χ4v) is 1.35. The molecule has 0 bridgehead atoms. The van der Waals surface area contributed by atoms with Crippen LogP contribution in [0.4, 0.5) is 0 Å². The third-order valence-electron chi connectivity index (χ3n) is 2.21. The smallest absolute Gasteiger partial charge is 0.292 e. The molecule has 0 spiro atoms. The molecule has 0 amide bonds. The summed E-state index contributed by atoms with van der Waals surface area (Å²) in [6, 6.07) is 18.2. The zero-order valence-corrected chi connectivity index (χ0v) is 11.0. The van der Waals surface area contributed by atoms with Crippen LogP contribution >= 0.6 is 0 Å². The second kappa shape index (κ2) is 7.84. The third kappa shape index (κ3) is 4.47. The maximum Gasteiger partial charge on any atom is 0.373 e. The maximum atomic E-state index is 11.5. The number of rotatable bonds is 4. The van der Waals surface area contributed by atoms with Crippen molar-refractivity contribution in [3.8, 4) is 0 Å². The van der Waals surface area contributed by atoms with Crippen LogP contribution in [0.5, 0.6) is 0 Å². The number of carbonyl (C=O) groups is 1. The molecule has 0 aliphatic heterocycles. The SMILES string of the molecule is O=C(OOCc1ccccc1)c1ccccc1.[Ag]. The summed E-state index contributed by atoms with van der Waals surface area (Å²) in [7, 11) is 0. The van der Waals surface area contributed by atoms with Crippen LogP contribution in [0.2, 0.25) is 0 Å². The van der Waals surface area contributed by atoms with Crippen LogP contribution in [0.25, 0.3) is 0 Å². The van der Waals surface area contributed by atoms with E-state index in [1.807, 2.05) is 36.4 Å². The summed E-state index contributed by atoms with van der Waals surface area (Å²) < 4.78 is 0. The Bertz CT molecular complexity index is 471. The summed E-state index contributed by atoms with van der Waals surface area (Å²) in [5, 5.41) is 0. The number of hydrogen-bond donors (Lipinski definition) is 0. The second-order valence-corrected chi connectivity index (χ2v) is 3.48. The molecule has 0 saturated heterocycles. The average Bonchev–Trinajstić information content (AvgIpc) is 2.41.